The van der Waals surface area contributed by atoms with Crippen LogP contribution in [-0.2, 0) is 16.3 Å². The van der Waals surface area contributed by atoms with Crippen LogP contribution in [0.1, 0.15) is 37.3 Å². The number of thioether (sulfide) groups is 1. The minimum absolute atomic E-state index is 0.252. The van der Waals surface area contributed by atoms with Crippen molar-refractivity contribution in [3.63, 3.8) is 0 Å². The number of hydrogen-bond donors (Lipinski definition) is 0. The van der Waals surface area contributed by atoms with E-state index >= 15 is 0 Å². The smallest absolute Gasteiger partial charge is 0.175 e. The molecule has 0 aromatic heterocycles. The molecule has 31 heavy (non-hydrogen) atoms. The molecule has 0 spiro atoms. The molecular weight excluding hydrogens is 428 g/mol. The van der Waals surface area contributed by atoms with E-state index in [1.807, 2.05) is 0 Å². The van der Waals surface area contributed by atoms with E-state index < -0.39 is 9.84 Å². The van der Waals surface area contributed by atoms with Crippen molar-refractivity contribution in [2.45, 2.75) is 42.4 Å². The maximum atomic E-state index is 12.0. The van der Waals surface area contributed by atoms with Gasteiger partial charge in [0, 0.05) is 35.5 Å². The summed E-state index contributed by atoms with van der Waals surface area (Å²) in [6.07, 6.45) is 9.72. The molecule has 2 heterocycles. The summed E-state index contributed by atoms with van der Waals surface area (Å²) >= 11 is 1.69. The Labute approximate surface area is 189 Å². The van der Waals surface area contributed by atoms with Gasteiger partial charge in [0.2, 0.25) is 0 Å². The molecule has 0 saturated heterocycles. The molecular formula is C24H28N2O3S2. The fourth-order valence-electron chi connectivity index (χ4n) is 4.12. The lowest BCUT2D eigenvalue weighted by Crippen LogP contribution is -2.27. The maximum absolute atomic E-state index is 12.0. The van der Waals surface area contributed by atoms with Crippen LogP contribution in [0.2, 0.25) is 0 Å². The Morgan fingerprint density at radius 1 is 1.19 bits per heavy atom. The Balaban J connectivity index is 1.71. The predicted octanol–water partition coefficient (Wildman–Crippen LogP) is 5.50. The molecule has 0 N–H and O–H groups in total. The molecule has 5 nitrogen and oxygen atoms in total. The third-order valence-electron chi connectivity index (χ3n) is 5.60. The van der Waals surface area contributed by atoms with Crippen molar-refractivity contribution >= 4 is 44.1 Å². The zero-order chi connectivity index (χ0) is 22.0. The van der Waals surface area contributed by atoms with Gasteiger partial charge in [0.25, 0.3) is 0 Å². The lowest BCUT2D eigenvalue weighted by molar-refractivity contribution is 0.416. The molecule has 0 saturated carbocycles. The summed E-state index contributed by atoms with van der Waals surface area (Å²) in [6, 6.07) is 9.29. The zero-order valence-electron chi connectivity index (χ0n) is 18.2. The fourth-order valence-corrected chi connectivity index (χ4v) is 5.88. The highest BCUT2D eigenvalue weighted by atomic mass is 32.2. The van der Waals surface area contributed by atoms with Gasteiger partial charge in [0.1, 0.15) is 11.4 Å². The maximum Gasteiger partial charge on any atom is 0.175 e. The first kappa shape index (κ1) is 22.0. The monoisotopic (exact) mass is 456 g/mol. The minimum Gasteiger partial charge on any atom is -0.494 e. The highest BCUT2D eigenvalue weighted by Crippen LogP contribution is 2.41. The summed E-state index contributed by atoms with van der Waals surface area (Å²) in [6.45, 7) is 4.25. The number of hydrogen-bond acceptors (Lipinski definition) is 6. The van der Waals surface area contributed by atoms with E-state index in [1.165, 1.54) is 28.0 Å². The van der Waals surface area contributed by atoms with E-state index in [4.69, 9.17) is 9.73 Å². The third kappa shape index (κ3) is 4.67. The molecule has 0 radical (unpaired) electrons. The number of ether oxygens (including phenoxy) is 1. The SMILES string of the molecule is CCCN1CC=Cc2c1ccc1c2CCCC(=Nc2cc(S(C)(=O)=O)ccc2OC)S1. The minimum atomic E-state index is -3.31. The average molecular weight is 457 g/mol. The van der Waals surface area contributed by atoms with Crippen LogP contribution in [0.25, 0.3) is 6.08 Å². The van der Waals surface area contributed by atoms with Crippen LogP contribution < -0.4 is 9.64 Å². The number of fused-ring (bicyclic) bond motifs is 3. The van der Waals surface area contributed by atoms with E-state index in [1.54, 1.807) is 37.1 Å². The van der Waals surface area contributed by atoms with E-state index in [-0.39, 0.29) is 4.90 Å². The summed E-state index contributed by atoms with van der Waals surface area (Å²) in [5, 5.41) is 0.979. The first-order valence-corrected chi connectivity index (χ1v) is 13.3. The second kappa shape index (κ2) is 9.09. The number of methoxy groups -OCH3 is 1. The Bertz CT molecular complexity index is 1150. The normalized spacial score (nSPS) is 17.3. The molecule has 2 aliphatic rings. The Morgan fingerprint density at radius 3 is 2.77 bits per heavy atom. The highest BCUT2D eigenvalue weighted by molar-refractivity contribution is 8.14. The van der Waals surface area contributed by atoms with E-state index in [0.717, 1.165) is 43.8 Å². The topological polar surface area (TPSA) is 59.0 Å². The molecule has 2 aromatic rings. The lowest BCUT2D eigenvalue weighted by atomic mass is 9.97. The molecule has 164 valence electrons. The average Bonchev–Trinajstić information content (AvgIpc) is 2.95. The van der Waals surface area contributed by atoms with Gasteiger partial charge in [-0.3, -0.25) is 0 Å². The van der Waals surface area contributed by atoms with Crippen molar-refractivity contribution in [2.24, 2.45) is 4.99 Å². The number of sulfone groups is 1. The number of aliphatic imine (C=N–C) groups is 1. The Hall–Kier alpha value is -2.25. The zero-order valence-corrected chi connectivity index (χ0v) is 19.9. The predicted molar refractivity (Wildman–Crippen MR) is 130 cm³/mol. The van der Waals surface area contributed by atoms with Gasteiger partial charge in [-0.15, -0.1) is 0 Å². The lowest BCUT2D eigenvalue weighted by Gasteiger charge is -2.29. The molecule has 2 aromatic carbocycles. The van der Waals surface area contributed by atoms with Crippen molar-refractivity contribution in [2.75, 3.05) is 31.4 Å². The second-order valence-electron chi connectivity index (χ2n) is 7.89. The second-order valence-corrected chi connectivity index (χ2v) is 11.0. The van der Waals surface area contributed by atoms with Crippen molar-refractivity contribution in [1.82, 2.24) is 0 Å². The van der Waals surface area contributed by atoms with E-state index in [9.17, 15) is 8.42 Å². The van der Waals surface area contributed by atoms with Crippen LogP contribution in [0.3, 0.4) is 0 Å². The summed E-state index contributed by atoms with van der Waals surface area (Å²) in [5.74, 6) is 0.577. The van der Waals surface area contributed by atoms with Crippen LogP contribution >= 0.6 is 11.8 Å². The van der Waals surface area contributed by atoms with Gasteiger partial charge >= 0.3 is 0 Å². The Morgan fingerprint density at radius 2 is 2.03 bits per heavy atom. The summed E-state index contributed by atoms with van der Waals surface area (Å²) < 4.78 is 29.4. The largest absolute Gasteiger partial charge is 0.494 e. The van der Waals surface area contributed by atoms with Gasteiger partial charge in [-0.1, -0.05) is 30.8 Å². The standard InChI is InChI=1S/C24H28N2O3S2/c1-4-14-26-15-6-8-18-19-7-5-9-24(30-23(19)13-11-21(18)26)25-20-16-17(31(3,27)28)10-12-22(20)29-2/h6,8,10-13,16H,4-5,7,9,14-15H2,1-3H3. The molecule has 2 aliphatic heterocycles. The van der Waals surface area contributed by atoms with Crippen LogP contribution in [0.4, 0.5) is 11.4 Å². The first-order chi connectivity index (χ1) is 14.9. The van der Waals surface area contributed by atoms with Crippen LogP contribution in [0, 0.1) is 0 Å². The van der Waals surface area contributed by atoms with Gasteiger partial charge < -0.3 is 9.64 Å². The molecule has 0 amide bonds. The van der Waals surface area contributed by atoms with Crippen molar-refractivity contribution in [1.29, 1.82) is 0 Å². The quantitative estimate of drug-likeness (QED) is 0.594. The fraction of sp³-hybridized carbons (Fsp3) is 0.375. The van der Waals surface area contributed by atoms with Gasteiger partial charge in [0.05, 0.1) is 17.0 Å². The van der Waals surface area contributed by atoms with Crippen LogP contribution in [-0.4, -0.2) is 39.9 Å². The molecule has 0 bridgehead atoms. The van der Waals surface area contributed by atoms with E-state index in [0.29, 0.717) is 11.4 Å². The molecule has 7 heteroatoms. The van der Waals surface area contributed by atoms with E-state index in [2.05, 4.69) is 36.1 Å². The van der Waals surface area contributed by atoms with Gasteiger partial charge in [-0.25, -0.2) is 13.4 Å². The van der Waals surface area contributed by atoms with Crippen LogP contribution in [0.15, 0.2) is 51.2 Å². The number of nitrogens with zero attached hydrogens (tertiary/aromatic N) is 2. The highest BCUT2D eigenvalue weighted by Gasteiger charge is 2.22. The van der Waals surface area contributed by atoms with Crippen molar-refractivity contribution in [3.05, 3.63) is 47.5 Å². The van der Waals surface area contributed by atoms with Gasteiger partial charge in [-0.2, -0.15) is 0 Å². The number of benzene rings is 2. The van der Waals surface area contributed by atoms with Gasteiger partial charge in [0.15, 0.2) is 9.84 Å². The summed E-state index contributed by atoms with van der Waals surface area (Å²) in [4.78, 5) is 8.77. The molecule has 0 aliphatic carbocycles. The van der Waals surface area contributed by atoms with Crippen molar-refractivity contribution < 1.29 is 13.2 Å². The molecule has 0 unspecified atom stereocenters. The number of anilines is 1. The summed E-state index contributed by atoms with van der Waals surface area (Å²) in [5.41, 5.74) is 4.61. The van der Waals surface area contributed by atoms with Crippen LogP contribution in [0.5, 0.6) is 5.75 Å². The molecule has 0 atom stereocenters. The summed E-state index contributed by atoms with van der Waals surface area (Å²) in [7, 11) is -1.73. The first-order valence-electron chi connectivity index (χ1n) is 10.6. The number of rotatable bonds is 5. The van der Waals surface area contributed by atoms with Gasteiger partial charge in [-0.05, 0) is 61.6 Å². The molecule has 4 rings (SSSR count). The molecule has 0 fully saturated rings. The third-order valence-corrected chi connectivity index (χ3v) is 7.85. The van der Waals surface area contributed by atoms with Crippen molar-refractivity contribution in [3.8, 4) is 5.75 Å². The Kier molecular flexibility index (Phi) is 6.44.